The monoisotopic (exact) mass is 398 g/mol. The Morgan fingerprint density at radius 2 is 2.04 bits per heavy atom. The molecular weight excluding hydrogens is 384 g/mol. The van der Waals surface area contributed by atoms with E-state index in [1.54, 1.807) is 16.8 Å². The van der Waals surface area contributed by atoms with Crippen LogP contribution < -0.4 is 0 Å². The highest BCUT2D eigenvalue weighted by atomic mass is 35.5. The van der Waals surface area contributed by atoms with E-state index in [1.807, 2.05) is 26.0 Å². The maximum atomic E-state index is 6.01. The van der Waals surface area contributed by atoms with Crippen molar-refractivity contribution in [3.05, 3.63) is 64.5 Å². The van der Waals surface area contributed by atoms with Gasteiger partial charge in [0.15, 0.2) is 0 Å². The summed E-state index contributed by atoms with van der Waals surface area (Å²) in [6.45, 7) is 4.07. The molecule has 0 saturated carbocycles. The van der Waals surface area contributed by atoms with Crippen LogP contribution >= 0.6 is 23.4 Å². The van der Waals surface area contributed by atoms with E-state index in [-0.39, 0.29) is 0 Å². The van der Waals surface area contributed by atoms with Gasteiger partial charge in [0.05, 0.1) is 11.4 Å². The van der Waals surface area contributed by atoms with Gasteiger partial charge in [0.2, 0.25) is 16.9 Å². The number of halogens is 1. The SMILES string of the molecule is Cc1ccc(C)c(-n2nnnc2SCc2nc(-c3cccc(Cl)c3)no2)c1. The summed E-state index contributed by atoms with van der Waals surface area (Å²) in [5.41, 5.74) is 4.00. The van der Waals surface area contributed by atoms with Crippen LogP contribution in [0.15, 0.2) is 52.1 Å². The molecule has 0 atom stereocenters. The summed E-state index contributed by atoms with van der Waals surface area (Å²) in [6, 6.07) is 13.5. The number of hydrogen-bond acceptors (Lipinski definition) is 7. The Kier molecular flexibility index (Phi) is 4.91. The molecule has 0 saturated heterocycles. The lowest BCUT2D eigenvalue weighted by Crippen LogP contribution is -2.02. The number of thioether (sulfide) groups is 1. The smallest absolute Gasteiger partial charge is 0.237 e. The number of hydrogen-bond donors (Lipinski definition) is 0. The van der Waals surface area contributed by atoms with Gasteiger partial charge in [-0.25, -0.2) is 0 Å². The number of tetrazole rings is 1. The first kappa shape index (κ1) is 17.7. The zero-order chi connectivity index (χ0) is 18.8. The quantitative estimate of drug-likeness (QED) is 0.464. The average molecular weight is 399 g/mol. The van der Waals surface area contributed by atoms with E-state index in [4.69, 9.17) is 16.1 Å². The molecule has 0 N–H and O–H groups in total. The Labute approximate surface area is 164 Å². The summed E-state index contributed by atoms with van der Waals surface area (Å²) in [6.07, 6.45) is 0. The van der Waals surface area contributed by atoms with Crippen molar-refractivity contribution in [2.24, 2.45) is 0 Å². The highest BCUT2D eigenvalue weighted by Gasteiger charge is 2.14. The molecule has 4 rings (SSSR count). The summed E-state index contributed by atoms with van der Waals surface area (Å²) in [4.78, 5) is 4.42. The molecule has 9 heteroatoms. The average Bonchev–Trinajstić information content (AvgIpc) is 3.31. The lowest BCUT2D eigenvalue weighted by atomic mass is 10.1. The predicted octanol–water partition coefficient (Wildman–Crippen LogP) is 4.27. The molecule has 0 unspecified atom stereocenters. The Hall–Kier alpha value is -2.71. The Bertz CT molecular complexity index is 1090. The molecule has 2 aromatic carbocycles. The standard InChI is InChI=1S/C18H15ClN6OS/c1-11-6-7-12(2)15(8-11)25-18(21-23-24-25)27-10-16-20-17(22-26-16)13-4-3-5-14(19)9-13/h3-9H,10H2,1-2H3. The van der Waals surface area contributed by atoms with Crippen LogP contribution in [0.3, 0.4) is 0 Å². The zero-order valence-electron chi connectivity index (χ0n) is 14.6. The van der Waals surface area contributed by atoms with Gasteiger partial charge in [-0.05, 0) is 53.6 Å². The summed E-state index contributed by atoms with van der Waals surface area (Å²) < 4.78 is 7.07. The number of rotatable bonds is 5. The minimum Gasteiger partial charge on any atom is -0.338 e. The molecule has 0 radical (unpaired) electrons. The highest BCUT2D eigenvalue weighted by molar-refractivity contribution is 7.98. The van der Waals surface area contributed by atoms with E-state index >= 15 is 0 Å². The first-order valence-electron chi connectivity index (χ1n) is 8.17. The molecule has 0 spiro atoms. The Morgan fingerprint density at radius 3 is 2.89 bits per heavy atom. The van der Waals surface area contributed by atoms with Gasteiger partial charge in [-0.15, -0.1) is 5.10 Å². The molecule has 136 valence electrons. The molecule has 2 heterocycles. The van der Waals surface area contributed by atoms with Crippen LogP contribution in [-0.2, 0) is 5.75 Å². The fraction of sp³-hybridized carbons (Fsp3) is 0.167. The lowest BCUT2D eigenvalue weighted by molar-refractivity contribution is 0.391. The second kappa shape index (κ2) is 7.50. The lowest BCUT2D eigenvalue weighted by Gasteiger charge is -2.07. The van der Waals surface area contributed by atoms with Crippen molar-refractivity contribution in [1.29, 1.82) is 0 Å². The third-order valence-electron chi connectivity index (χ3n) is 3.91. The molecule has 7 nitrogen and oxygen atoms in total. The van der Waals surface area contributed by atoms with Gasteiger partial charge in [0.25, 0.3) is 0 Å². The van der Waals surface area contributed by atoms with Gasteiger partial charge < -0.3 is 4.52 Å². The summed E-state index contributed by atoms with van der Waals surface area (Å²) in [5.74, 6) is 1.45. The van der Waals surface area contributed by atoms with Gasteiger partial charge in [0, 0.05) is 10.6 Å². The van der Waals surface area contributed by atoms with E-state index in [9.17, 15) is 0 Å². The molecule has 0 aliphatic rings. The van der Waals surface area contributed by atoms with E-state index in [1.165, 1.54) is 11.8 Å². The van der Waals surface area contributed by atoms with Crippen LogP contribution in [0.1, 0.15) is 17.0 Å². The van der Waals surface area contributed by atoms with Gasteiger partial charge in [-0.1, -0.05) is 52.8 Å². The van der Waals surface area contributed by atoms with Crippen LogP contribution in [0.4, 0.5) is 0 Å². The topological polar surface area (TPSA) is 82.5 Å². The highest BCUT2D eigenvalue weighted by Crippen LogP contribution is 2.25. The third-order valence-corrected chi connectivity index (χ3v) is 5.05. The van der Waals surface area contributed by atoms with E-state index in [0.717, 1.165) is 22.4 Å². The third kappa shape index (κ3) is 3.86. The van der Waals surface area contributed by atoms with Gasteiger partial charge in [-0.2, -0.15) is 9.67 Å². The molecule has 0 aliphatic carbocycles. The van der Waals surface area contributed by atoms with Gasteiger partial charge in [-0.3, -0.25) is 0 Å². The number of aromatic nitrogens is 6. The molecule has 27 heavy (non-hydrogen) atoms. The van der Waals surface area contributed by atoms with E-state index in [2.05, 4.69) is 43.9 Å². The summed E-state index contributed by atoms with van der Waals surface area (Å²) >= 11 is 7.45. The van der Waals surface area contributed by atoms with Crippen molar-refractivity contribution < 1.29 is 4.52 Å². The van der Waals surface area contributed by atoms with Gasteiger partial charge >= 0.3 is 0 Å². The van der Waals surface area contributed by atoms with Crippen LogP contribution in [0.25, 0.3) is 17.1 Å². The first-order chi connectivity index (χ1) is 13.1. The predicted molar refractivity (Wildman–Crippen MR) is 103 cm³/mol. The summed E-state index contributed by atoms with van der Waals surface area (Å²) in [7, 11) is 0. The Morgan fingerprint density at radius 1 is 1.15 bits per heavy atom. The fourth-order valence-corrected chi connectivity index (χ4v) is 3.46. The van der Waals surface area contributed by atoms with Crippen molar-refractivity contribution in [2.45, 2.75) is 24.8 Å². The normalized spacial score (nSPS) is 11.1. The second-order valence-electron chi connectivity index (χ2n) is 5.97. The number of benzene rings is 2. The van der Waals surface area contributed by atoms with Crippen molar-refractivity contribution >= 4 is 23.4 Å². The van der Waals surface area contributed by atoms with E-state index < -0.39 is 0 Å². The molecule has 0 fully saturated rings. The molecule has 4 aromatic rings. The number of aryl methyl sites for hydroxylation is 2. The number of nitrogens with zero attached hydrogens (tertiary/aromatic N) is 6. The van der Waals surface area contributed by atoms with Crippen LogP contribution in [0.5, 0.6) is 0 Å². The van der Waals surface area contributed by atoms with Crippen LogP contribution in [0.2, 0.25) is 5.02 Å². The van der Waals surface area contributed by atoms with Crippen molar-refractivity contribution in [2.75, 3.05) is 0 Å². The maximum absolute atomic E-state index is 6.01. The molecule has 0 aliphatic heterocycles. The maximum Gasteiger partial charge on any atom is 0.237 e. The van der Waals surface area contributed by atoms with E-state index in [0.29, 0.717) is 27.6 Å². The van der Waals surface area contributed by atoms with Crippen molar-refractivity contribution in [3.63, 3.8) is 0 Å². The Balaban J connectivity index is 1.52. The minimum absolute atomic E-state index is 0.457. The van der Waals surface area contributed by atoms with Crippen molar-refractivity contribution in [3.8, 4) is 17.1 Å². The first-order valence-corrected chi connectivity index (χ1v) is 9.54. The van der Waals surface area contributed by atoms with Crippen LogP contribution in [-0.4, -0.2) is 30.3 Å². The summed E-state index contributed by atoms with van der Waals surface area (Å²) in [5, 5.41) is 17.3. The minimum atomic E-state index is 0.457. The fourth-order valence-electron chi connectivity index (χ4n) is 2.55. The molecule has 0 bridgehead atoms. The van der Waals surface area contributed by atoms with Gasteiger partial charge in [0.1, 0.15) is 0 Å². The zero-order valence-corrected chi connectivity index (χ0v) is 16.2. The largest absolute Gasteiger partial charge is 0.338 e. The molecule has 0 amide bonds. The van der Waals surface area contributed by atoms with Crippen LogP contribution in [0, 0.1) is 13.8 Å². The van der Waals surface area contributed by atoms with Crippen molar-refractivity contribution in [1.82, 2.24) is 30.3 Å². The molecule has 2 aromatic heterocycles. The molecular formula is C18H15ClN6OS. The second-order valence-corrected chi connectivity index (χ2v) is 7.35.